The number of benzene rings is 2. The molecule has 1 amide bonds. The van der Waals surface area contributed by atoms with Gasteiger partial charge in [-0.1, -0.05) is 23.4 Å². The fourth-order valence-electron chi connectivity index (χ4n) is 3.34. The van der Waals surface area contributed by atoms with E-state index in [1.807, 2.05) is 29.3 Å². The van der Waals surface area contributed by atoms with Gasteiger partial charge in [0.05, 0.1) is 11.4 Å². The van der Waals surface area contributed by atoms with Gasteiger partial charge in [0.15, 0.2) is 16.7 Å². The number of carbonyl (C=O) groups excluding carboxylic acids is 1. The minimum Gasteiger partial charge on any atom is -0.504 e. The highest BCUT2D eigenvalue weighted by atomic mass is 16.5. The minimum absolute atomic E-state index is 0.0473. The van der Waals surface area contributed by atoms with Gasteiger partial charge in [0.2, 0.25) is 0 Å². The van der Waals surface area contributed by atoms with Gasteiger partial charge in [0, 0.05) is 29.5 Å². The SMILES string of the molecule is O=C(Nc1cccc(N2C=c3cnoc3=CC2)c1)c1cc2cccc(O)c2oc1=O. The van der Waals surface area contributed by atoms with Gasteiger partial charge in [-0.2, -0.15) is 0 Å². The number of anilines is 2. The van der Waals surface area contributed by atoms with Gasteiger partial charge in [-0.15, -0.1) is 0 Å². The second kappa shape index (κ2) is 6.93. The van der Waals surface area contributed by atoms with E-state index in [2.05, 4.69) is 10.5 Å². The lowest BCUT2D eigenvalue weighted by molar-refractivity contribution is 0.102. The molecule has 1 aliphatic rings. The fraction of sp³-hybridized carbons (Fsp3) is 0.0455. The van der Waals surface area contributed by atoms with E-state index >= 15 is 0 Å². The maximum absolute atomic E-state index is 12.7. The van der Waals surface area contributed by atoms with Crippen LogP contribution in [0.25, 0.3) is 23.2 Å². The third kappa shape index (κ3) is 3.10. The van der Waals surface area contributed by atoms with Crippen molar-refractivity contribution in [1.29, 1.82) is 0 Å². The third-order valence-electron chi connectivity index (χ3n) is 4.82. The van der Waals surface area contributed by atoms with E-state index in [4.69, 9.17) is 8.94 Å². The number of phenols is 1. The highest BCUT2D eigenvalue weighted by Crippen LogP contribution is 2.24. The molecule has 2 aromatic carbocycles. The topological polar surface area (TPSA) is 109 Å². The lowest BCUT2D eigenvalue weighted by atomic mass is 10.1. The summed E-state index contributed by atoms with van der Waals surface area (Å²) in [5, 5.41) is 17.6. The monoisotopic (exact) mass is 401 g/mol. The van der Waals surface area contributed by atoms with Crippen LogP contribution in [0, 0.1) is 0 Å². The van der Waals surface area contributed by atoms with E-state index in [0.717, 1.165) is 16.3 Å². The number of hydrogen-bond acceptors (Lipinski definition) is 7. The predicted molar refractivity (Wildman–Crippen MR) is 111 cm³/mol. The van der Waals surface area contributed by atoms with E-state index in [-0.39, 0.29) is 16.9 Å². The number of amides is 1. The zero-order valence-corrected chi connectivity index (χ0v) is 15.5. The van der Waals surface area contributed by atoms with Gasteiger partial charge in [0.25, 0.3) is 5.91 Å². The summed E-state index contributed by atoms with van der Waals surface area (Å²) in [5.41, 5.74) is 1.18. The van der Waals surface area contributed by atoms with Crippen LogP contribution < -0.4 is 26.5 Å². The first-order valence-electron chi connectivity index (χ1n) is 9.15. The van der Waals surface area contributed by atoms with Crippen LogP contribution in [-0.2, 0) is 0 Å². The summed E-state index contributed by atoms with van der Waals surface area (Å²) in [4.78, 5) is 26.9. The summed E-state index contributed by atoms with van der Waals surface area (Å²) >= 11 is 0. The summed E-state index contributed by atoms with van der Waals surface area (Å²) in [6.45, 7) is 0.595. The van der Waals surface area contributed by atoms with Gasteiger partial charge < -0.3 is 24.3 Å². The summed E-state index contributed by atoms with van der Waals surface area (Å²) in [6.07, 6.45) is 5.47. The largest absolute Gasteiger partial charge is 0.504 e. The number of phenolic OH excluding ortho intramolecular Hbond substituents is 1. The molecule has 4 aromatic rings. The van der Waals surface area contributed by atoms with Crippen molar-refractivity contribution in [2.24, 2.45) is 0 Å². The Labute approximate surface area is 168 Å². The van der Waals surface area contributed by atoms with E-state index in [0.29, 0.717) is 17.6 Å². The summed E-state index contributed by atoms with van der Waals surface area (Å²) in [5.74, 6) is -0.753. The van der Waals surface area contributed by atoms with Crippen molar-refractivity contribution in [3.05, 3.63) is 81.3 Å². The smallest absolute Gasteiger partial charge is 0.349 e. The number of nitrogens with zero attached hydrogens (tertiary/aromatic N) is 2. The second-order valence-electron chi connectivity index (χ2n) is 6.78. The Morgan fingerprint density at radius 3 is 2.93 bits per heavy atom. The van der Waals surface area contributed by atoms with Crippen LogP contribution in [0.2, 0.25) is 0 Å². The standard InChI is InChI=1S/C22H15N3O5/c26-18-6-1-3-13-9-17(22(28)29-20(13)18)21(27)24-15-4-2-5-16(10-15)25-8-7-19-14(12-25)11-23-30-19/h1-7,9-12,26H,8H2,(H,24,27). The van der Waals surface area contributed by atoms with Crippen molar-refractivity contribution in [2.75, 3.05) is 16.8 Å². The highest BCUT2D eigenvalue weighted by molar-refractivity contribution is 6.05. The summed E-state index contributed by atoms with van der Waals surface area (Å²) in [7, 11) is 0. The number of para-hydroxylation sites is 1. The lowest BCUT2D eigenvalue weighted by Crippen LogP contribution is -2.32. The second-order valence-corrected chi connectivity index (χ2v) is 6.78. The van der Waals surface area contributed by atoms with Crippen molar-refractivity contribution in [3.8, 4) is 5.75 Å². The van der Waals surface area contributed by atoms with Gasteiger partial charge in [-0.25, -0.2) is 4.79 Å². The zero-order chi connectivity index (χ0) is 20.7. The Balaban J connectivity index is 1.43. The molecule has 0 bridgehead atoms. The van der Waals surface area contributed by atoms with Crippen LogP contribution >= 0.6 is 0 Å². The van der Waals surface area contributed by atoms with Crippen LogP contribution in [0.15, 0.2) is 68.5 Å². The first-order valence-corrected chi connectivity index (χ1v) is 9.15. The van der Waals surface area contributed by atoms with Crippen molar-refractivity contribution in [3.63, 3.8) is 0 Å². The maximum Gasteiger partial charge on any atom is 0.349 e. The Bertz CT molecular complexity index is 1470. The van der Waals surface area contributed by atoms with Crippen molar-refractivity contribution >= 4 is 40.5 Å². The number of fused-ring (bicyclic) bond motifs is 2. The van der Waals surface area contributed by atoms with Crippen molar-refractivity contribution in [2.45, 2.75) is 0 Å². The Kier molecular flexibility index (Phi) is 4.10. The third-order valence-corrected chi connectivity index (χ3v) is 4.82. The first-order chi connectivity index (χ1) is 14.6. The molecular formula is C22H15N3O5. The molecule has 30 heavy (non-hydrogen) atoms. The number of hydrogen-bond donors (Lipinski definition) is 2. The molecule has 0 aliphatic carbocycles. The quantitative estimate of drug-likeness (QED) is 0.504. The van der Waals surface area contributed by atoms with Crippen LogP contribution in [0.3, 0.4) is 0 Å². The average molecular weight is 401 g/mol. The molecule has 1 aliphatic heterocycles. The summed E-state index contributed by atoms with van der Waals surface area (Å²) in [6, 6.07) is 13.3. The maximum atomic E-state index is 12.7. The molecule has 8 nitrogen and oxygen atoms in total. The number of aromatic nitrogens is 1. The number of aromatic hydroxyl groups is 1. The van der Waals surface area contributed by atoms with E-state index in [1.54, 1.807) is 30.5 Å². The molecule has 0 fully saturated rings. The molecule has 5 rings (SSSR count). The normalized spacial score (nSPS) is 12.7. The van der Waals surface area contributed by atoms with E-state index in [1.165, 1.54) is 12.1 Å². The molecule has 2 N–H and O–H groups in total. The van der Waals surface area contributed by atoms with E-state index < -0.39 is 11.5 Å². The van der Waals surface area contributed by atoms with Crippen LogP contribution in [0.1, 0.15) is 10.4 Å². The Morgan fingerprint density at radius 2 is 2.03 bits per heavy atom. The summed E-state index contributed by atoms with van der Waals surface area (Å²) < 4.78 is 10.3. The van der Waals surface area contributed by atoms with E-state index in [9.17, 15) is 14.7 Å². The molecule has 0 saturated heterocycles. The van der Waals surface area contributed by atoms with Gasteiger partial charge in [0.1, 0.15) is 5.56 Å². The molecule has 148 valence electrons. The van der Waals surface area contributed by atoms with Gasteiger partial charge in [-0.05, 0) is 36.4 Å². The lowest BCUT2D eigenvalue weighted by Gasteiger charge is -2.20. The molecular weight excluding hydrogens is 386 g/mol. The molecule has 0 atom stereocenters. The Hall–Kier alpha value is -4.33. The minimum atomic E-state index is -0.823. The number of carbonyl (C=O) groups is 1. The molecule has 3 heterocycles. The van der Waals surface area contributed by atoms with Crippen molar-refractivity contribution < 1.29 is 18.8 Å². The predicted octanol–water partition coefficient (Wildman–Crippen LogP) is 1.78. The Morgan fingerprint density at radius 1 is 1.17 bits per heavy atom. The first kappa shape index (κ1) is 17.7. The van der Waals surface area contributed by atoms with Crippen molar-refractivity contribution in [1.82, 2.24) is 5.16 Å². The average Bonchev–Trinajstić information content (AvgIpc) is 3.22. The molecule has 2 aromatic heterocycles. The molecule has 8 heteroatoms. The zero-order valence-electron chi connectivity index (χ0n) is 15.5. The number of nitrogens with one attached hydrogen (secondary N) is 1. The fourth-order valence-corrected chi connectivity index (χ4v) is 3.34. The van der Waals surface area contributed by atoms with Gasteiger partial charge >= 0.3 is 5.63 Å². The van der Waals surface area contributed by atoms with Crippen LogP contribution in [0.5, 0.6) is 5.75 Å². The highest BCUT2D eigenvalue weighted by Gasteiger charge is 2.16. The molecule has 0 spiro atoms. The van der Waals surface area contributed by atoms with Crippen LogP contribution in [0.4, 0.5) is 11.4 Å². The molecule has 0 unspecified atom stereocenters. The molecule has 0 radical (unpaired) electrons. The number of rotatable bonds is 3. The van der Waals surface area contributed by atoms with Crippen LogP contribution in [-0.4, -0.2) is 22.7 Å². The van der Waals surface area contributed by atoms with Gasteiger partial charge in [-0.3, -0.25) is 4.79 Å². The molecule has 0 saturated carbocycles.